The van der Waals surface area contributed by atoms with Crippen molar-refractivity contribution in [1.82, 2.24) is 0 Å². The molecule has 8 aromatic carbocycles. The lowest BCUT2D eigenvalue weighted by molar-refractivity contribution is 0.381. The van der Waals surface area contributed by atoms with Gasteiger partial charge in [-0.1, -0.05) is 116 Å². The van der Waals surface area contributed by atoms with Gasteiger partial charge in [-0.3, -0.25) is 0 Å². The van der Waals surface area contributed by atoms with E-state index in [4.69, 9.17) is 14.2 Å². The molecule has 0 fully saturated rings. The first-order chi connectivity index (χ1) is 34.1. The lowest BCUT2D eigenvalue weighted by Gasteiger charge is -2.26. The number of benzene rings is 8. The molecule has 1 atom stereocenters. The predicted molar refractivity (Wildman–Crippen MR) is 289 cm³/mol. The topological polar surface area (TPSA) is 30.9 Å². The molecule has 8 aromatic rings. The second-order valence-electron chi connectivity index (χ2n) is 19.5. The number of fused-ring (bicyclic) bond motifs is 5. The Labute approximate surface area is 411 Å². The Morgan fingerprint density at radius 1 is 0.386 bits per heavy atom. The normalized spacial score (nSPS) is 15.3. The minimum atomic E-state index is 0.424. The molecule has 0 aromatic heterocycles. The van der Waals surface area contributed by atoms with Gasteiger partial charge in [0.1, 0.15) is 34.5 Å². The van der Waals surface area contributed by atoms with Crippen LogP contribution in [0.4, 0.5) is 17.1 Å². The van der Waals surface area contributed by atoms with Gasteiger partial charge in [-0.25, -0.2) is 0 Å². The van der Waals surface area contributed by atoms with Crippen molar-refractivity contribution >= 4 is 45.9 Å². The van der Waals surface area contributed by atoms with Gasteiger partial charge in [-0.05, 0) is 187 Å². The fraction of sp³-hybridized carbons (Fsp3) is 0.121. The Bertz CT molecular complexity index is 3420. The maximum Gasteiger partial charge on any atom is 0.135 e. The summed E-state index contributed by atoms with van der Waals surface area (Å²) in [4.78, 5) is 2.35. The molecule has 1 unspecified atom stereocenters. The van der Waals surface area contributed by atoms with Gasteiger partial charge in [-0.2, -0.15) is 0 Å². The van der Waals surface area contributed by atoms with E-state index >= 15 is 0 Å². The van der Waals surface area contributed by atoms with Crippen molar-refractivity contribution < 1.29 is 14.2 Å². The first-order valence-electron chi connectivity index (χ1n) is 24.3. The second-order valence-corrected chi connectivity index (χ2v) is 19.5. The zero-order chi connectivity index (χ0) is 47.6. The summed E-state index contributed by atoms with van der Waals surface area (Å²) in [5.41, 5.74) is 22.2. The van der Waals surface area contributed by atoms with Crippen molar-refractivity contribution in [1.29, 1.82) is 0 Å². The van der Waals surface area contributed by atoms with Crippen LogP contribution in [-0.4, -0.2) is 0 Å². The van der Waals surface area contributed by atoms with Gasteiger partial charge in [0.25, 0.3) is 0 Å². The Morgan fingerprint density at radius 3 is 1.16 bits per heavy atom. The number of hydrogen-bond acceptors (Lipinski definition) is 4. The summed E-state index contributed by atoms with van der Waals surface area (Å²) < 4.78 is 20.0. The van der Waals surface area contributed by atoms with Crippen LogP contribution in [0.2, 0.25) is 0 Å². The maximum absolute atomic E-state index is 6.70. The van der Waals surface area contributed by atoms with Crippen molar-refractivity contribution in [3.8, 4) is 28.7 Å². The fourth-order valence-electron chi connectivity index (χ4n) is 10.2. The van der Waals surface area contributed by atoms with Crippen LogP contribution in [0.1, 0.15) is 85.7 Å². The number of hydrogen-bond donors (Lipinski definition) is 0. The highest BCUT2D eigenvalue weighted by Crippen LogP contribution is 2.46. The van der Waals surface area contributed by atoms with Crippen LogP contribution in [0.3, 0.4) is 0 Å². The smallest absolute Gasteiger partial charge is 0.135 e. The van der Waals surface area contributed by atoms with E-state index in [0.29, 0.717) is 5.92 Å². The van der Waals surface area contributed by atoms with Crippen LogP contribution in [-0.2, 0) is 0 Å². The van der Waals surface area contributed by atoms with E-state index in [1.54, 1.807) is 0 Å². The third-order valence-corrected chi connectivity index (χ3v) is 13.9. The van der Waals surface area contributed by atoms with E-state index < -0.39 is 0 Å². The van der Waals surface area contributed by atoms with Gasteiger partial charge in [0.2, 0.25) is 0 Å². The quantitative estimate of drug-likeness (QED) is 0.166. The molecule has 4 nitrogen and oxygen atoms in total. The summed E-state index contributed by atoms with van der Waals surface area (Å²) in [6.45, 7) is 12.8. The highest BCUT2D eigenvalue weighted by molar-refractivity contribution is 5.98. The minimum Gasteiger partial charge on any atom is -0.460 e. The summed E-state index contributed by atoms with van der Waals surface area (Å²) in [6.07, 6.45) is 12.2. The predicted octanol–water partition coefficient (Wildman–Crippen LogP) is 17.8. The zero-order valence-corrected chi connectivity index (χ0v) is 40.4. The molecule has 12 rings (SSSR count). The Kier molecular flexibility index (Phi) is 10.6. The number of anilines is 3. The van der Waals surface area contributed by atoms with Crippen LogP contribution in [0, 0.1) is 40.5 Å². The lowest BCUT2D eigenvalue weighted by Crippen LogP contribution is -2.10. The summed E-state index contributed by atoms with van der Waals surface area (Å²) in [5.74, 6) is 5.83. The first-order valence-corrected chi connectivity index (χ1v) is 24.3. The summed E-state index contributed by atoms with van der Waals surface area (Å²) >= 11 is 0. The summed E-state index contributed by atoms with van der Waals surface area (Å²) in [6, 6.07) is 59.3. The number of ether oxygens (including phenoxy) is 3. The Balaban J connectivity index is 0.965. The van der Waals surface area contributed by atoms with E-state index in [1.807, 2.05) is 0 Å². The molecule has 70 heavy (non-hydrogen) atoms. The largest absolute Gasteiger partial charge is 0.460 e. The van der Waals surface area contributed by atoms with Crippen molar-refractivity contribution in [2.24, 2.45) is 5.92 Å². The van der Waals surface area contributed by atoms with E-state index in [2.05, 4.69) is 241 Å². The highest BCUT2D eigenvalue weighted by Gasteiger charge is 2.25. The third kappa shape index (κ3) is 8.05. The molecular formula is C66H53NO3. The number of aryl methyl sites for hydroxylation is 5. The molecular weight excluding hydrogens is 855 g/mol. The van der Waals surface area contributed by atoms with Crippen molar-refractivity contribution in [3.63, 3.8) is 0 Å². The van der Waals surface area contributed by atoms with Gasteiger partial charge in [0.05, 0.1) is 0 Å². The Morgan fingerprint density at radius 2 is 0.743 bits per heavy atom. The monoisotopic (exact) mass is 907 g/mol. The molecule has 4 heteroatoms. The van der Waals surface area contributed by atoms with Crippen LogP contribution >= 0.6 is 0 Å². The van der Waals surface area contributed by atoms with Gasteiger partial charge >= 0.3 is 0 Å². The molecule has 3 aliphatic heterocycles. The molecule has 0 saturated heterocycles. The second kappa shape index (κ2) is 17.3. The molecule has 3 heterocycles. The van der Waals surface area contributed by atoms with Crippen LogP contribution in [0.25, 0.3) is 28.9 Å². The van der Waals surface area contributed by atoms with E-state index in [1.165, 1.54) is 5.56 Å². The van der Waals surface area contributed by atoms with Gasteiger partial charge in [-0.15, -0.1) is 0 Å². The molecule has 0 N–H and O–H groups in total. The molecule has 0 bridgehead atoms. The first kappa shape index (κ1) is 43.0. The number of rotatable bonds is 6. The minimum absolute atomic E-state index is 0.424. The lowest BCUT2D eigenvalue weighted by atomic mass is 9.92. The van der Waals surface area contributed by atoms with Crippen molar-refractivity contribution in [2.45, 2.75) is 48.0 Å². The standard InChI is InChI=1S/C66H53NO3/c1-40-7-13-49-37-58(55-28-10-43(4)34-64(55)68-61(49)31-40)46-16-22-52(23-17-46)67(53-24-18-47(19-25-53)59-38-50-14-8-41(2)32-62(50)69-65-35-44(5)11-29-56(59)65)54-26-20-48(21-27-54)60-39-51-15-9-42(3)33-63(51)70-66-36-45(6)12-30-57(60)66/h7-32,34-39,42H,33H2,1-6H3. The molecule has 0 saturated carbocycles. The molecule has 0 amide bonds. The molecule has 0 spiro atoms. The van der Waals surface area contributed by atoms with Crippen LogP contribution < -0.4 is 19.1 Å². The number of nitrogens with zero attached hydrogens (tertiary/aromatic N) is 1. The van der Waals surface area contributed by atoms with Crippen molar-refractivity contribution in [3.05, 3.63) is 266 Å². The Hall–Kier alpha value is -8.34. The average Bonchev–Trinajstić information content (AvgIpc) is 3.70. The maximum atomic E-state index is 6.70. The zero-order valence-electron chi connectivity index (χ0n) is 40.4. The molecule has 0 radical (unpaired) electrons. The third-order valence-electron chi connectivity index (χ3n) is 13.9. The molecule has 1 aliphatic carbocycles. The molecule has 4 aliphatic rings. The van der Waals surface area contributed by atoms with E-state index in [9.17, 15) is 0 Å². The molecule has 340 valence electrons. The summed E-state index contributed by atoms with van der Waals surface area (Å²) in [7, 11) is 0. The highest BCUT2D eigenvalue weighted by atomic mass is 16.5. The van der Waals surface area contributed by atoms with Crippen molar-refractivity contribution in [2.75, 3.05) is 4.90 Å². The SMILES string of the molecule is Cc1ccc2c(c1)Oc1cc(C)ccc1C(c1ccc(N(c3ccc(C4=CC5=C(CC(C)C=C5)Oc5cc(C)ccc54)cc3)c3ccc(C4=Cc5ccc(C)cc5Oc5cc(C)ccc54)cc3)cc1)=C2. The average molecular weight is 908 g/mol. The van der Waals surface area contributed by atoms with Crippen LogP contribution in [0.5, 0.6) is 28.7 Å². The van der Waals surface area contributed by atoms with E-state index in [0.717, 1.165) is 147 Å². The fourth-order valence-corrected chi connectivity index (χ4v) is 10.2. The van der Waals surface area contributed by atoms with Crippen LogP contribution in [0.15, 0.2) is 193 Å². The number of allylic oxidation sites excluding steroid dienone is 5. The van der Waals surface area contributed by atoms with Gasteiger partial charge in [0, 0.05) is 56.9 Å². The van der Waals surface area contributed by atoms with E-state index in [-0.39, 0.29) is 0 Å². The summed E-state index contributed by atoms with van der Waals surface area (Å²) in [5, 5.41) is 0. The van der Waals surface area contributed by atoms with Gasteiger partial charge < -0.3 is 19.1 Å². The van der Waals surface area contributed by atoms with Gasteiger partial charge in [0.15, 0.2) is 0 Å².